The predicted octanol–water partition coefficient (Wildman–Crippen LogP) is 2.39. The van der Waals surface area contributed by atoms with Gasteiger partial charge in [0.1, 0.15) is 13.3 Å². The van der Waals surface area contributed by atoms with E-state index in [2.05, 4.69) is 5.32 Å². The van der Waals surface area contributed by atoms with Gasteiger partial charge in [-0.3, -0.25) is 0 Å². The van der Waals surface area contributed by atoms with Gasteiger partial charge in [-0.15, -0.1) is 0 Å². The van der Waals surface area contributed by atoms with Gasteiger partial charge in [-0.1, -0.05) is 30.3 Å². The van der Waals surface area contributed by atoms with Crippen LogP contribution in [0.15, 0.2) is 30.3 Å². The Labute approximate surface area is 127 Å². The molecule has 1 aromatic rings. The molecule has 0 atom stereocenters. The molecule has 1 aromatic carbocycles. The molecule has 1 aliphatic heterocycles. The third-order valence-electron chi connectivity index (χ3n) is 3.83. The normalized spacial score (nSPS) is 16.9. The molecule has 22 heavy (non-hydrogen) atoms. The zero-order valence-electron chi connectivity index (χ0n) is 12.1. The number of benzene rings is 1. The zero-order valence-corrected chi connectivity index (χ0v) is 12.1. The van der Waals surface area contributed by atoms with Gasteiger partial charge < -0.3 is 20.1 Å². The Bertz CT molecular complexity index is 516. The van der Waals surface area contributed by atoms with Crippen LogP contribution in [0.3, 0.4) is 0 Å². The van der Waals surface area contributed by atoms with Crippen LogP contribution in [0.1, 0.15) is 18.4 Å². The maximum absolute atomic E-state index is 13.3. The van der Waals surface area contributed by atoms with Crippen LogP contribution in [0.5, 0.6) is 0 Å². The number of nitrogens with one attached hydrogen (secondary N) is 1. The molecular formula is C15H19FN2O4. The number of alkyl carbamates (subject to hydrolysis) is 1. The summed E-state index contributed by atoms with van der Waals surface area (Å²) >= 11 is 0. The zero-order chi connectivity index (χ0) is 16.0. The van der Waals surface area contributed by atoms with E-state index in [4.69, 9.17) is 9.84 Å². The number of carbonyl (C=O) groups excluding carboxylic acids is 1. The van der Waals surface area contributed by atoms with E-state index < -0.39 is 24.4 Å². The number of nitrogens with zero attached hydrogens (tertiary/aromatic N) is 1. The van der Waals surface area contributed by atoms with Crippen LogP contribution in [-0.4, -0.2) is 47.5 Å². The summed E-state index contributed by atoms with van der Waals surface area (Å²) in [7, 11) is 0. The van der Waals surface area contributed by atoms with Crippen molar-refractivity contribution >= 4 is 12.2 Å². The highest BCUT2D eigenvalue weighted by Gasteiger charge is 2.37. The molecule has 2 N–H and O–H groups in total. The van der Waals surface area contributed by atoms with Gasteiger partial charge in [0, 0.05) is 13.1 Å². The SMILES string of the molecule is O=C(NC1(CF)CCN(C(=O)O)CC1)OCc1ccccc1. The summed E-state index contributed by atoms with van der Waals surface area (Å²) < 4.78 is 18.4. The van der Waals surface area contributed by atoms with Gasteiger partial charge >= 0.3 is 12.2 Å². The molecule has 6 nitrogen and oxygen atoms in total. The fraction of sp³-hybridized carbons (Fsp3) is 0.467. The van der Waals surface area contributed by atoms with Crippen LogP contribution in [0, 0.1) is 0 Å². The van der Waals surface area contributed by atoms with Crippen molar-refractivity contribution in [2.45, 2.75) is 25.0 Å². The summed E-state index contributed by atoms with van der Waals surface area (Å²) in [6, 6.07) is 9.17. The van der Waals surface area contributed by atoms with Gasteiger partial charge in [0.25, 0.3) is 0 Å². The van der Waals surface area contributed by atoms with Gasteiger partial charge in [0.2, 0.25) is 0 Å². The molecule has 7 heteroatoms. The van der Waals surface area contributed by atoms with Gasteiger partial charge in [-0.25, -0.2) is 14.0 Å². The molecular weight excluding hydrogens is 291 g/mol. The Kier molecular flexibility index (Phi) is 5.19. The predicted molar refractivity (Wildman–Crippen MR) is 77.3 cm³/mol. The number of carbonyl (C=O) groups is 2. The number of ether oxygens (including phenoxy) is 1. The van der Waals surface area contributed by atoms with Crippen molar-refractivity contribution in [2.24, 2.45) is 0 Å². The fourth-order valence-corrected chi connectivity index (χ4v) is 2.39. The third kappa shape index (κ3) is 4.09. The lowest BCUT2D eigenvalue weighted by Gasteiger charge is -2.39. The largest absolute Gasteiger partial charge is 0.465 e. The lowest BCUT2D eigenvalue weighted by atomic mass is 9.89. The number of rotatable bonds is 4. The first-order chi connectivity index (χ1) is 10.5. The van der Waals surface area contributed by atoms with Crippen molar-refractivity contribution in [3.05, 3.63) is 35.9 Å². The molecule has 1 saturated heterocycles. The van der Waals surface area contributed by atoms with E-state index in [1.165, 1.54) is 4.90 Å². The lowest BCUT2D eigenvalue weighted by molar-refractivity contribution is 0.0814. The highest BCUT2D eigenvalue weighted by molar-refractivity contribution is 5.69. The molecule has 0 aromatic heterocycles. The third-order valence-corrected chi connectivity index (χ3v) is 3.83. The van der Waals surface area contributed by atoms with E-state index >= 15 is 0 Å². The Morgan fingerprint density at radius 1 is 1.27 bits per heavy atom. The highest BCUT2D eigenvalue weighted by Crippen LogP contribution is 2.23. The number of amides is 2. The van der Waals surface area contributed by atoms with E-state index in [1.807, 2.05) is 30.3 Å². The quantitative estimate of drug-likeness (QED) is 0.895. The average molecular weight is 310 g/mol. The Morgan fingerprint density at radius 2 is 1.91 bits per heavy atom. The number of hydrogen-bond donors (Lipinski definition) is 2. The second-order valence-electron chi connectivity index (χ2n) is 5.37. The van der Waals surface area contributed by atoms with Gasteiger partial charge in [0.05, 0.1) is 5.54 Å². The fourth-order valence-electron chi connectivity index (χ4n) is 2.39. The molecule has 0 saturated carbocycles. The smallest absolute Gasteiger partial charge is 0.407 e. The Morgan fingerprint density at radius 3 is 2.45 bits per heavy atom. The minimum absolute atomic E-state index is 0.107. The molecule has 1 aliphatic rings. The van der Waals surface area contributed by atoms with E-state index in [1.54, 1.807) is 0 Å². The van der Waals surface area contributed by atoms with E-state index in [0.29, 0.717) is 0 Å². The minimum Gasteiger partial charge on any atom is -0.465 e. The second-order valence-corrected chi connectivity index (χ2v) is 5.37. The summed E-state index contributed by atoms with van der Waals surface area (Å²) in [4.78, 5) is 23.9. The second kappa shape index (κ2) is 7.11. The van der Waals surface area contributed by atoms with Crippen molar-refractivity contribution in [1.29, 1.82) is 0 Å². The topological polar surface area (TPSA) is 78.9 Å². The molecule has 2 rings (SSSR count). The first-order valence-corrected chi connectivity index (χ1v) is 7.07. The van der Waals surface area contributed by atoms with Gasteiger partial charge in [-0.05, 0) is 18.4 Å². The number of alkyl halides is 1. The monoisotopic (exact) mass is 310 g/mol. The van der Waals surface area contributed by atoms with Crippen LogP contribution >= 0.6 is 0 Å². The van der Waals surface area contributed by atoms with E-state index in [0.717, 1.165) is 5.56 Å². The van der Waals surface area contributed by atoms with Gasteiger partial charge in [0.15, 0.2) is 0 Å². The Balaban J connectivity index is 1.85. The van der Waals surface area contributed by atoms with Crippen molar-refractivity contribution in [3.63, 3.8) is 0 Å². The number of carboxylic acid groups (broad SMARTS) is 1. The molecule has 2 amide bonds. The van der Waals surface area contributed by atoms with Crippen LogP contribution in [0.25, 0.3) is 0 Å². The average Bonchev–Trinajstić information content (AvgIpc) is 2.54. The van der Waals surface area contributed by atoms with Crippen LogP contribution in [0.2, 0.25) is 0 Å². The molecule has 120 valence electrons. The van der Waals surface area contributed by atoms with Gasteiger partial charge in [-0.2, -0.15) is 0 Å². The van der Waals surface area contributed by atoms with Crippen molar-refractivity contribution in [1.82, 2.24) is 10.2 Å². The summed E-state index contributed by atoms with van der Waals surface area (Å²) in [5, 5.41) is 11.4. The first-order valence-electron chi connectivity index (χ1n) is 7.07. The number of likely N-dealkylation sites (tertiary alicyclic amines) is 1. The van der Waals surface area contributed by atoms with Crippen molar-refractivity contribution < 1.29 is 23.8 Å². The maximum Gasteiger partial charge on any atom is 0.407 e. The lowest BCUT2D eigenvalue weighted by Crippen LogP contribution is -2.57. The molecule has 0 bridgehead atoms. The summed E-state index contributed by atoms with van der Waals surface area (Å²) in [6.07, 6.45) is -1.25. The molecule has 0 radical (unpaired) electrons. The summed E-state index contributed by atoms with van der Waals surface area (Å²) in [5.41, 5.74) is -0.202. The van der Waals surface area contributed by atoms with Crippen molar-refractivity contribution in [3.8, 4) is 0 Å². The highest BCUT2D eigenvalue weighted by atomic mass is 19.1. The number of halogens is 1. The molecule has 0 unspecified atom stereocenters. The minimum atomic E-state index is -1.04. The van der Waals surface area contributed by atoms with E-state index in [-0.39, 0.29) is 32.5 Å². The molecule has 1 fully saturated rings. The molecule has 0 aliphatic carbocycles. The van der Waals surface area contributed by atoms with Crippen molar-refractivity contribution in [2.75, 3.05) is 19.8 Å². The van der Waals surface area contributed by atoms with Crippen LogP contribution in [-0.2, 0) is 11.3 Å². The molecule has 1 heterocycles. The number of hydrogen-bond acceptors (Lipinski definition) is 3. The number of piperidine rings is 1. The summed E-state index contributed by atoms with van der Waals surface area (Å²) in [6.45, 7) is -0.256. The standard InChI is InChI=1S/C15H19FN2O4/c16-11-15(6-8-18(9-7-15)14(20)21)17-13(19)22-10-12-4-2-1-3-5-12/h1-5H,6-11H2,(H,17,19)(H,20,21). The summed E-state index contributed by atoms with van der Waals surface area (Å²) in [5.74, 6) is 0. The molecule has 0 spiro atoms. The van der Waals surface area contributed by atoms with E-state index in [9.17, 15) is 14.0 Å². The van der Waals surface area contributed by atoms with Crippen LogP contribution < -0.4 is 5.32 Å². The Hall–Kier alpha value is -2.31. The maximum atomic E-state index is 13.3. The first kappa shape index (κ1) is 16.1. The van der Waals surface area contributed by atoms with Crippen LogP contribution in [0.4, 0.5) is 14.0 Å².